The SMILES string of the molecule is Cc1cccc(SCC(CCC(C)(C)C)NN)c1. The van der Waals surface area contributed by atoms with Crippen LogP contribution >= 0.6 is 11.8 Å². The zero-order chi connectivity index (χ0) is 13.6. The Bertz CT molecular complexity index is 358. The maximum Gasteiger partial charge on any atom is 0.0304 e. The molecular weight excluding hydrogens is 240 g/mol. The fourth-order valence-corrected chi connectivity index (χ4v) is 2.82. The average molecular weight is 266 g/mol. The van der Waals surface area contributed by atoms with Crippen LogP contribution in [0, 0.1) is 12.3 Å². The van der Waals surface area contributed by atoms with Crippen LogP contribution in [0.15, 0.2) is 29.2 Å². The van der Waals surface area contributed by atoms with Crippen molar-refractivity contribution < 1.29 is 0 Å². The van der Waals surface area contributed by atoms with Crippen molar-refractivity contribution in [3.05, 3.63) is 29.8 Å². The lowest BCUT2D eigenvalue weighted by molar-refractivity contribution is 0.339. The molecule has 3 N–H and O–H groups in total. The predicted molar refractivity (Wildman–Crippen MR) is 81.7 cm³/mol. The number of rotatable bonds is 6. The molecule has 0 bridgehead atoms. The average Bonchev–Trinajstić information content (AvgIpc) is 2.28. The summed E-state index contributed by atoms with van der Waals surface area (Å²) in [6.07, 6.45) is 2.31. The number of thioether (sulfide) groups is 1. The summed E-state index contributed by atoms with van der Waals surface area (Å²) in [6.45, 7) is 8.94. The number of nitrogens with two attached hydrogens (primary N) is 1. The first kappa shape index (κ1) is 15.5. The zero-order valence-corrected chi connectivity index (χ0v) is 12.8. The van der Waals surface area contributed by atoms with Crippen molar-refractivity contribution >= 4 is 11.8 Å². The standard InChI is InChI=1S/C15H26N2S/c1-12-6-5-7-14(10-12)18-11-13(17-16)8-9-15(2,3)4/h5-7,10,13,17H,8-9,11,16H2,1-4H3. The van der Waals surface area contributed by atoms with Gasteiger partial charge < -0.3 is 0 Å². The van der Waals surface area contributed by atoms with Crippen LogP contribution in [0.3, 0.4) is 0 Å². The van der Waals surface area contributed by atoms with Crippen molar-refractivity contribution in [1.82, 2.24) is 5.43 Å². The second-order valence-corrected chi connectivity index (χ2v) is 7.18. The van der Waals surface area contributed by atoms with E-state index in [0.29, 0.717) is 11.5 Å². The molecule has 0 saturated carbocycles. The molecule has 0 aliphatic rings. The van der Waals surface area contributed by atoms with E-state index in [0.717, 1.165) is 12.2 Å². The molecule has 3 heteroatoms. The van der Waals surface area contributed by atoms with Crippen LogP contribution in [0.2, 0.25) is 0 Å². The highest BCUT2D eigenvalue weighted by atomic mass is 32.2. The number of hydrogen-bond acceptors (Lipinski definition) is 3. The van der Waals surface area contributed by atoms with Crippen molar-refractivity contribution in [3.8, 4) is 0 Å². The van der Waals surface area contributed by atoms with Crippen molar-refractivity contribution in [2.24, 2.45) is 11.3 Å². The minimum Gasteiger partial charge on any atom is -0.271 e. The van der Waals surface area contributed by atoms with Gasteiger partial charge in [-0.3, -0.25) is 11.3 Å². The third-order valence-electron chi connectivity index (χ3n) is 2.92. The van der Waals surface area contributed by atoms with Crippen LogP contribution < -0.4 is 11.3 Å². The van der Waals surface area contributed by atoms with Gasteiger partial charge in [-0.1, -0.05) is 38.5 Å². The Kier molecular flexibility index (Phi) is 6.19. The van der Waals surface area contributed by atoms with Crippen molar-refractivity contribution in [1.29, 1.82) is 0 Å². The summed E-state index contributed by atoms with van der Waals surface area (Å²) in [7, 11) is 0. The fourth-order valence-electron chi connectivity index (χ4n) is 1.72. The molecule has 2 nitrogen and oxygen atoms in total. The molecule has 0 aliphatic heterocycles. The lowest BCUT2D eigenvalue weighted by Crippen LogP contribution is -2.37. The van der Waals surface area contributed by atoms with E-state index in [1.807, 2.05) is 11.8 Å². The van der Waals surface area contributed by atoms with E-state index in [1.165, 1.54) is 16.9 Å². The monoisotopic (exact) mass is 266 g/mol. The second kappa shape index (κ2) is 7.17. The fraction of sp³-hybridized carbons (Fsp3) is 0.600. The summed E-state index contributed by atoms with van der Waals surface area (Å²) in [5, 5.41) is 0. The van der Waals surface area contributed by atoms with E-state index in [1.54, 1.807) is 0 Å². The van der Waals surface area contributed by atoms with E-state index in [2.05, 4.69) is 57.4 Å². The third kappa shape index (κ3) is 6.43. The molecule has 1 rings (SSSR count). The lowest BCUT2D eigenvalue weighted by Gasteiger charge is -2.22. The van der Waals surface area contributed by atoms with Crippen LogP contribution in [0.1, 0.15) is 39.2 Å². The smallest absolute Gasteiger partial charge is 0.0304 e. The van der Waals surface area contributed by atoms with Gasteiger partial charge >= 0.3 is 0 Å². The van der Waals surface area contributed by atoms with Gasteiger partial charge in [0.1, 0.15) is 0 Å². The Morgan fingerprint density at radius 1 is 1.33 bits per heavy atom. The normalized spacial score (nSPS) is 13.6. The highest BCUT2D eigenvalue weighted by molar-refractivity contribution is 7.99. The Balaban J connectivity index is 2.40. The summed E-state index contributed by atoms with van der Waals surface area (Å²) in [5.41, 5.74) is 4.63. The van der Waals surface area contributed by atoms with Gasteiger partial charge in [0, 0.05) is 16.7 Å². The van der Waals surface area contributed by atoms with Gasteiger partial charge in [0.15, 0.2) is 0 Å². The lowest BCUT2D eigenvalue weighted by atomic mass is 9.89. The molecule has 0 saturated heterocycles. The van der Waals surface area contributed by atoms with Crippen molar-refractivity contribution in [2.45, 2.75) is 51.5 Å². The third-order valence-corrected chi connectivity index (χ3v) is 4.08. The Hall–Kier alpha value is -0.510. The van der Waals surface area contributed by atoms with Gasteiger partial charge in [-0.05, 0) is 37.3 Å². The summed E-state index contributed by atoms with van der Waals surface area (Å²) in [4.78, 5) is 1.33. The molecule has 102 valence electrons. The predicted octanol–water partition coefficient (Wildman–Crippen LogP) is 3.75. The molecule has 1 unspecified atom stereocenters. The number of hydrogen-bond donors (Lipinski definition) is 2. The van der Waals surface area contributed by atoms with E-state index in [-0.39, 0.29) is 0 Å². The molecular formula is C15H26N2S. The first-order chi connectivity index (χ1) is 8.40. The number of hydrazine groups is 1. The first-order valence-corrected chi connectivity index (χ1v) is 7.55. The Morgan fingerprint density at radius 2 is 2.06 bits per heavy atom. The molecule has 1 aromatic carbocycles. The van der Waals surface area contributed by atoms with Crippen LogP contribution in [-0.2, 0) is 0 Å². The van der Waals surface area contributed by atoms with E-state index >= 15 is 0 Å². The van der Waals surface area contributed by atoms with Gasteiger partial charge in [0.25, 0.3) is 0 Å². The van der Waals surface area contributed by atoms with Gasteiger partial charge in [-0.25, -0.2) is 0 Å². The zero-order valence-electron chi connectivity index (χ0n) is 12.0. The van der Waals surface area contributed by atoms with E-state index in [9.17, 15) is 0 Å². The summed E-state index contributed by atoms with van der Waals surface area (Å²) < 4.78 is 0. The Morgan fingerprint density at radius 3 is 2.61 bits per heavy atom. The topological polar surface area (TPSA) is 38.0 Å². The van der Waals surface area contributed by atoms with Crippen LogP contribution in [-0.4, -0.2) is 11.8 Å². The molecule has 18 heavy (non-hydrogen) atoms. The van der Waals surface area contributed by atoms with Crippen molar-refractivity contribution in [2.75, 3.05) is 5.75 Å². The molecule has 0 aliphatic carbocycles. The molecule has 1 atom stereocenters. The highest BCUT2D eigenvalue weighted by Gasteiger charge is 2.14. The van der Waals surface area contributed by atoms with Gasteiger partial charge in [-0.15, -0.1) is 11.8 Å². The number of benzene rings is 1. The van der Waals surface area contributed by atoms with Crippen molar-refractivity contribution in [3.63, 3.8) is 0 Å². The molecule has 0 spiro atoms. The molecule has 1 aromatic rings. The molecule has 0 amide bonds. The quantitative estimate of drug-likeness (QED) is 0.468. The van der Waals surface area contributed by atoms with Gasteiger partial charge in [0.2, 0.25) is 0 Å². The maximum atomic E-state index is 5.63. The summed E-state index contributed by atoms with van der Waals surface area (Å²) >= 11 is 1.88. The minimum absolute atomic E-state index is 0.378. The number of aryl methyl sites for hydroxylation is 1. The molecule has 0 fully saturated rings. The Labute approximate surface area is 116 Å². The summed E-state index contributed by atoms with van der Waals surface area (Å²) in [5.74, 6) is 6.66. The highest BCUT2D eigenvalue weighted by Crippen LogP contribution is 2.24. The summed E-state index contributed by atoms with van der Waals surface area (Å²) in [6, 6.07) is 9.01. The van der Waals surface area contributed by atoms with Crippen LogP contribution in [0.5, 0.6) is 0 Å². The number of nitrogens with one attached hydrogen (secondary N) is 1. The van der Waals surface area contributed by atoms with E-state index in [4.69, 9.17) is 5.84 Å². The van der Waals surface area contributed by atoms with Crippen LogP contribution in [0.4, 0.5) is 0 Å². The first-order valence-electron chi connectivity index (χ1n) is 6.56. The van der Waals surface area contributed by atoms with Gasteiger partial charge in [0.05, 0.1) is 0 Å². The van der Waals surface area contributed by atoms with Crippen LogP contribution in [0.25, 0.3) is 0 Å². The maximum absolute atomic E-state index is 5.63. The minimum atomic E-state index is 0.378. The van der Waals surface area contributed by atoms with Gasteiger partial charge in [-0.2, -0.15) is 0 Å². The molecule has 0 radical (unpaired) electrons. The molecule has 0 aromatic heterocycles. The molecule has 0 heterocycles. The largest absolute Gasteiger partial charge is 0.271 e. The van der Waals surface area contributed by atoms with E-state index < -0.39 is 0 Å². The second-order valence-electron chi connectivity index (χ2n) is 6.09.